The number of aromatic nitrogens is 5. The molecule has 5 rings (SSSR count). The highest BCUT2D eigenvalue weighted by Gasteiger charge is 2.34. The van der Waals surface area contributed by atoms with E-state index in [0.717, 1.165) is 53.5 Å². The van der Waals surface area contributed by atoms with Crippen LogP contribution < -0.4 is 5.56 Å². The molecule has 2 fully saturated rings. The molecule has 0 unspecified atom stereocenters. The van der Waals surface area contributed by atoms with Crippen LogP contribution in [0.25, 0.3) is 10.9 Å². The molecule has 7 nitrogen and oxygen atoms in total. The van der Waals surface area contributed by atoms with Crippen molar-refractivity contribution in [3.05, 3.63) is 51.6 Å². The van der Waals surface area contributed by atoms with Gasteiger partial charge in [0.25, 0.3) is 5.56 Å². The Morgan fingerprint density at radius 1 is 1.09 bits per heavy atom. The summed E-state index contributed by atoms with van der Waals surface area (Å²) in [6.07, 6.45) is 14.3. The van der Waals surface area contributed by atoms with Gasteiger partial charge in [-0.25, -0.2) is 4.68 Å². The third-order valence-electron chi connectivity index (χ3n) is 8.26. The van der Waals surface area contributed by atoms with Gasteiger partial charge >= 0.3 is 0 Å². The molecule has 1 atom stereocenters. The van der Waals surface area contributed by atoms with Gasteiger partial charge in [-0.3, -0.25) is 9.69 Å². The normalized spacial score (nSPS) is 18.9. The number of nitrogens with zero attached hydrogens (tertiary/aromatic N) is 5. The van der Waals surface area contributed by atoms with Crippen LogP contribution in [0.15, 0.2) is 29.1 Å². The van der Waals surface area contributed by atoms with E-state index in [-0.39, 0.29) is 11.6 Å². The van der Waals surface area contributed by atoms with Gasteiger partial charge in [-0.1, -0.05) is 70.1 Å². The third-order valence-corrected chi connectivity index (χ3v) is 8.26. The van der Waals surface area contributed by atoms with Crippen LogP contribution in [0.4, 0.5) is 0 Å². The average molecular weight is 477 g/mol. The first-order valence-electron chi connectivity index (χ1n) is 13.8. The Morgan fingerprint density at radius 2 is 1.83 bits per heavy atom. The third kappa shape index (κ3) is 5.20. The van der Waals surface area contributed by atoms with Crippen molar-refractivity contribution in [1.29, 1.82) is 0 Å². The minimum absolute atomic E-state index is 0.0229. The number of aryl methyl sites for hydroxylation is 1. The molecule has 0 bridgehead atoms. The van der Waals surface area contributed by atoms with Crippen LogP contribution in [-0.4, -0.2) is 36.1 Å². The van der Waals surface area contributed by atoms with Gasteiger partial charge in [0.15, 0.2) is 5.82 Å². The fourth-order valence-electron chi connectivity index (χ4n) is 6.37. The maximum absolute atomic E-state index is 13.3. The lowest BCUT2D eigenvalue weighted by Crippen LogP contribution is -2.41. The van der Waals surface area contributed by atoms with Crippen molar-refractivity contribution < 1.29 is 0 Å². The van der Waals surface area contributed by atoms with Gasteiger partial charge in [-0.2, -0.15) is 0 Å². The summed E-state index contributed by atoms with van der Waals surface area (Å²) in [7, 11) is 0. The van der Waals surface area contributed by atoms with Crippen molar-refractivity contribution >= 4 is 10.9 Å². The van der Waals surface area contributed by atoms with Gasteiger partial charge in [0.1, 0.15) is 0 Å². The predicted molar refractivity (Wildman–Crippen MR) is 139 cm³/mol. The number of H-pyrrole nitrogens is 1. The number of fused-ring (bicyclic) bond motifs is 1. The van der Waals surface area contributed by atoms with E-state index in [4.69, 9.17) is 0 Å². The van der Waals surface area contributed by atoms with Crippen LogP contribution in [0.5, 0.6) is 0 Å². The summed E-state index contributed by atoms with van der Waals surface area (Å²) in [6, 6.07) is 9.28. The maximum atomic E-state index is 13.3. The Labute approximate surface area is 208 Å². The summed E-state index contributed by atoms with van der Waals surface area (Å²) in [5.74, 6) is 0.998. The quantitative estimate of drug-likeness (QED) is 0.431. The van der Waals surface area contributed by atoms with Crippen LogP contribution in [0.2, 0.25) is 0 Å². The fourth-order valence-corrected chi connectivity index (χ4v) is 6.37. The lowest BCUT2D eigenvalue weighted by Gasteiger charge is -2.40. The van der Waals surface area contributed by atoms with Crippen LogP contribution >= 0.6 is 0 Å². The Hall–Kier alpha value is -2.54. The second-order valence-corrected chi connectivity index (χ2v) is 10.7. The Balaban J connectivity index is 1.53. The standard InChI is InChI=1S/C28H40N6O/c1-3-11-25(27-30-31-32-34(27)24-16-8-5-9-17-24)33(23-14-6-4-7-15-23)19-22-18-21-13-10-12-20(2)26(21)29-28(22)35/h10,12-13,18,23-25H,3-9,11,14-17,19H2,1-2H3,(H,29,35)/t25-/m1/s1. The summed E-state index contributed by atoms with van der Waals surface area (Å²) < 4.78 is 2.14. The number of hydrogen-bond acceptors (Lipinski definition) is 5. The van der Waals surface area contributed by atoms with Gasteiger partial charge in [-0.05, 0) is 66.5 Å². The Morgan fingerprint density at radius 3 is 2.57 bits per heavy atom. The van der Waals surface area contributed by atoms with Gasteiger partial charge < -0.3 is 4.98 Å². The highest BCUT2D eigenvalue weighted by Crippen LogP contribution is 2.36. The van der Waals surface area contributed by atoms with E-state index in [2.05, 4.69) is 68.2 Å². The Bertz CT molecular complexity index is 1170. The number of aromatic amines is 1. The highest BCUT2D eigenvalue weighted by atomic mass is 16.1. The van der Waals surface area contributed by atoms with E-state index in [1.54, 1.807) is 0 Å². The Kier molecular flexibility index (Phi) is 7.61. The highest BCUT2D eigenvalue weighted by molar-refractivity contribution is 5.81. The maximum Gasteiger partial charge on any atom is 0.252 e. The lowest BCUT2D eigenvalue weighted by atomic mass is 9.91. The molecular formula is C28H40N6O. The average Bonchev–Trinajstić information content (AvgIpc) is 3.38. The predicted octanol–water partition coefficient (Wildman–Crippen LogP) is 6.00. The van der Waals surface area contributed by atoms with Gasteiger partial charge in [0, 0.05) is 18.2 Å². The molecule has 2 heterocycles. The number of pyridine rings is 1. The summed E-state index contributed by atoms with van der Waals surface area (Å²) in [5, 5.41) is 14.4. The molecule has 2 aliphatic carbocycles. The van der Waals surface area contributed by atoms with E-state index in [1.165, 1.54) is 51.4 Å². The molecule has 2 saturated carbocycles. The van der Waals surface area contributed by atoms with Crippen LogP contribution in [0.3, 0.4) is 0 Å². The van der Waals surface area contributed by atoms with E-state index >= 15 is 0 Å². The smallest absolute Gasteiger partial charge is 0.252 e. The number of hydrogen-bond donors (Lipinski definition) is 1. The number of para-hydroxylation sites is 1. The molecule has 2 aromatic heterocycles. The first-order chi connectivity index (χ1) is 17.2. The van der Waals surface area contributed by atoms with Crippen molar-refractivity contribution in [3.8, 4) is 0 Å². The minimum Gasteiger partial charge on any atom is -0.321 e. The topological polar surface area (TPSA) is 79.7 Å². The zero-order valence-corrected chi connectivity index (χ0v) is 21.4. The first kappa shape index (κ1) is 24.2. The molecule has 3 aromatic rings. The zero-order valence-electron chi connectivity index (χ0n) is 21.4. The largest absolute Gasteiger partial charge is 0.321 e. The molecule has 2 aliphatic rings. The molecule has 7 heteroatoms. The number of benzene rings is 1. The first-order valence-corrected chi connectivity index (χ1v) is 13.8. The van der Waals surface area contributed by atoms with Crippen LogP contribution in [-0.2, 0) is 6.54 Å². The second-order valence-electron chi connectivity index (χ2n) is 10.7. The van der Waals surface area contributed by atoms with Crippen LogP contribution in [0, 0.1) is 6.92 Å². The summed E-state index contributed by atoms with van der Waals surface area (Å²) in [5.41, 5.74) is 2.91. The minimum atomic E-state index is 0.0229. The molecule has 0 radical (unpaired) electrons. The summed E-state index contributed by atoms with van der Waals surface area (Å²) in [6.45, 7) is 4.92. The van der Waals surface area contributed by atoms with Crippen molar-refractivity contribution in [2.24, 2.45) is 0 Å². The zero-order chi connectivity index (χ0) is 24.2. The SMILES string of the molecule is CCC[C@H](c1nnnn1C1CCCCC1)N(Cc1cc2cccc(C)c2[nH]c1=O)C1CCCCC1. The van der Waals surface area contributed by atoms with E-state index < -0.39 is 0 Å². The second kappa shape index (κ2) is 11.0. The molecule has 188 valence electrons. The van der Waals surface area contributed by atoms with Gasteiger partial charge in [0.2, 0.25) is 0 Å². The fraction of sp³-hybridized carbons (Fsp3) is 0.643. The monoisotopic (exact) mass is 476 g/mol. The summed E-state index contributed by atoms with van der Waals surface area (Å²) in [4.78, 5) is 19.0. The molecule has 1 N–H and O–H groups in total. The molecular weight excluding hydrogens is 436 g/mol. The van der Waals surface area contributed by atoms with Crippen molar-refractivity contribution in [1.82, 2.24) is 30.1 Å². The number of rotatable bonds is 8. The van der Waals surface area contributed by atoms with E-state index in [1.807, 2.05) is 0 Å². The van der Waals surface area contributed by atoms with E-state index in [0.29, 0.717) is 18.6 Å². The molecule has 0 saturated heterocycles. The molecule has 0 amide bonds. The molecule has 1 aromatic carbocycles. The number of nitrogens with one attached hydrogen (secondary N) is 1. The lowest BCUT2D eigenvalue weighted by molar-refractivity contribution is 0.0789. The van der Waals surface area contributed by atoms with Crippen LogP contribution in [0.1, 0.15) is 113 Å². The number of tetrazole rings is 1. The van der Waals surface area contributed by atoms with Gasteiger partial charge in [0.05, 0.1) is 17.6 Å². The van der Waals surface area contributed by atoms with Crippen molar-refractivity contribution in [2.75, 3.05) is 0 Å². The molecule has 0 spiro atoms. The molecule has 35 heavy (non-hydrogen) atoms. The van der Waals surface area contributed by atoms with Gasteiger partial charge in [-0.15, -0.1) is 5.10 Å². The van der Waals surface area contributed by atoms with E-state index in [9.17, 15) is 4.79 Å². The van der Waals surface area contributed by atoms with Crippen molar-refractivity contribution in [2.45, 2.75) is 116 Å². The summed E-state index contributed by atoms with van der Waals surface area (Å²) >= 11 is 0. The molecule has 0 aliphatic heterocycles. The van der Waals surface area contributed by atoms with Crippen molar-refractivity contribution in [3.63, 3.8) is 0 Å².